The van der Waals surface area contributed by atoms with Crippen molar-refractivity contribution in [1.82, 2.24) is 52.3 Å². The molecule has 32 heteroatoms. The van der Waals surface area contributed by atoms with Gasteiger partial charge >= 0.3 is 0 Å². The third-order valence-electron chi connectivity index (χ3n) is 16.0. The summed E-state index contributed by atoms with van der Waals surface area (Å²) in [4.78, 5) is 185. The first-order valence-electron chi connectivity index (χ1n) is 32.2. The van der Waals surface area contributed by atoms with E-state index in [-0.39, 0.29) is 83.0 Å². The number of nitrogens with two attached hydrogens (primary N) is 7. The van der Waals surface area contributed by atoms with Gasteiger partial charge in [-0.05, 0) is 119 Å². The van der Waals surface area contributed by atoms with Crippen LogP contribution in [0.1, 0.15) is 121 Å². The number of unbranched alkanes of at least 4 members (excludes halogenated alkanes) is 1. The van der Waals surface area contributed by atoms with Crippen molar-refractivity contribution in [2.45, 2.75) is 183 Å². The summed E-state index contributed by atoms with van der Waals surface area (Å²) in [5.41, 5.74) is 40.6. The van der Waals surface area contributed by atoms with Crippen molar-refractivity contribution >= 4 is 94.5 Å². The van der Waals surface area contributed by atoms with Gasteiger partial charge in [0.1, 0.15) is 54.4 Å². The summed E-state index contributed by atoms with van der Waals surface area (Å²) < 4.78 is 0. The van der Waals surface area contributed by atoms with Crippen molar-refractivity contribution in [2.24, 2.45) is 51.0 Å². The predicted octanol–water partition coefficient (Wildman–Crippen LogP) is -3.71. The van der Waals surface area contributed by atoms with Crippen LogP contribution in [0.25, 0.3) is 0 Å². The number of aliphatic imine (C=N–C) groups is 1. The fraction of sp³-hybridized carbons (Fsp3) is 0.587. The summed E-state index contributed by atoms with van der Waals surface area (Å²) in [5, 5.41) is 21.1. The molecule has 2 aromatic rings. The Kier molecular flexibility index (Phi) is 33.9. The number of benzene rings is 2. The maximum Gasteiger partial charge on any atom is 0.245 e. The first-order valence-corrected chi connectivity index (χ1v) is 33.6. The Balaban J connectivity index is 1.56. The number of hydrogen-bond donors (Lipinski definition) is 15. The number of carbonyl (C=O) groups excluding carboxylic acids is 13. The number of amides is 13. The van der Waals surface area contributed by atoms with Gasteiger partial charge in [0, 0.05) is 45.3 Å². The molecule has 4 rings (SSSR count). The number of carbonyl (C=O) groups is 13. The molecular weight excluding hydrogens is 1250 g/mol. The molecule has 0 aliphatic carbocycles. The summed E-state index contributed by atoms with van der Waals surface area (Å²) in [6.07, 6.45) is 3.12. The lowest BCUT2D eigenvalue weighted by Crippen LogP contribution is -2.60. The number of nitrogens with one attached hydrogen (secondary N) is 8. The molecule has 0 saturated carbocycles. The largest absolute Gasteiger partial charge is 0.370 e. The topological polar surface area (TPSA) is 519 Å². The Bertz CT molecular complexity index is 2960. The summed E-state index contributed by atoms with van der Waals surface area (Å²) in [6.45, 7) is 3.86. The van der Waals surface area contributed by atoms with E-state index in [1.807, 2.05) is 20.1 Å². The van der Waals surface area contributed by atoms with Crippen molar-refractivity contribution in [2.75, 3.05) is 44.7 Å². The van der Waals surface area contributed by atoms with Gasteiger partial charge in [0.25, 0.3) is 0 Å². The molecule has 10 atom stereocenters. The monoisotopic (exact) mass is 1350 g/mol. The number of nitrogens with zero attached hydrogens (tertiary/aromatic N) is 3. The van der Waals surface area contributed by atoms with E-state index in [1.54, 1.807) is 60.7 Å². The summed E-state index contributed by atoms with van der Waals surface area (Å²) >= 11 is 1.45. The van der Waals surface area contributed by atoms with Crippen LogP contribution in [0.4, 0.5) is 0 Å². The van der Waals surface area contributed by atoms with E-state index in [1.165, 1.54) is 21.6 Å². The van der Waals surface area contributed by atoms with Crippen LogP contribution >= 0.6 is 11.8 Å². The number of hydrogen-bond acceptors (Lipinski definition) is 17. The molecular formula is C63H98N18O13S. The van der Waals surface area contributed by atoms with E-state index in [4.69, 9.17) is 40.1 Å². The van der Waals surface area contributed by atoms with Crippen LogP contribution in [0, 0.1) is 5.92 Å². The second-order valence-electron chi connectivity index (χ2n) is 24.1. The van der Waals surface area contributed by atoms with Crippen LogP contribution in [0.2, 0.25) is 0 Å². The van der Waals surface area contributed by atoms with E-state index in [2.05, 4.69) is 47.5 Å². The van der Waals surface area contributed by atoms with Crippen molar-refractivity contribution in [3.8, 4) is 0 Å². The van der Waals surface area contributed by atoms with Crippen LogP contribution in [0.3, 0.4) is 0 Å². The molecule has 2 aromatic carbocycles. The first-order chi connectivity index (χ1) is 45.2. The van der Waals surface area contributed by atoms with Gasteiger partial charge in [-0.2, -0.15) is 11.8 Å². The van der Waals surface area contributed by atoms with Crippen molar-refractivity contribution in [1.29, 1.82) is 0 Å². The molecule has 2 saturated heterocycles. The van der Waals surface area contributed by atoms with Gasteiger partial charge in [-0.25, -0.2) is 0 Å². The number of primary amides is 3. The van der Waals surface area contributed by atoms with E-state index in [0.717, 1.165) is 0 Å². The second kappa shape index (κ2) is 41.0. The zero-order chi connectivity index (χ0) is 70.1. The smallest absolute Gasteiger partial charge is 0.245 e. The van der Waals surface area contributed by atoms with Gasteiger partial charge < -0.3 is 92.5 Å². The zero-order valence-corrected chi connectivity index (χ0v) is 55.3. The molecule has 0 spiro atoms. The van der Waals surface area contributed by atoms with Crippen LogP contribution in [-0.2, 0) is 75.2 Å². The Morgan fingerprint density at radius 2 is 1.01 bits per heavy atom. The quantitative estimate of drug-likeness (QED) is 0.0173. The Morgan fingerprint density at radius 1 is 0.537 bits per heavy atom. The molecule has 95 heavy (non-hydrogen) atoms. The van der Waals surface area contributed by atoms with Gasteiger partial charge in [0.15, 0.2) is 5.96 Å². The molecule has 31 nitrogen and oxygen atoms in total. The first kappa shape index (κ1) is 78.5. The van der Waals surface area contributed by atoms with Crippen LogP contribution in [0.5, 0.6) is 0 Å². The number of likely N-dealkylation sites (tertiary alicyclic amines) is 2. The fourth-order valence-electron chi connectivity index (χ4n) is 11.0. The normalized spacial score (nSPS) is 16.8. The third-order valence-corrected chi connectivity index (χ3v) is 16.7. The lowest BCUT2D eigenvalue weighted by molar-refractivity contribution is -0.144. The molecule has 0 aromatic heterocycles. The lowest BCUT2D eigenvalue weighted by atomic mass is 10.0. The lowest BCUT2D eigenvalue weighted by Gasteiger charge is -2.32. The average molecular weight is 1350 g/mol. The summed E-state index contributed by atoms with van der Waals surface area (Å²) in [7, 11) is 0. The number of guanidine groups is 1. The molecule has 0 unspecified atom stereocenters. The number of thioether (sulfide) groups is 1. The second-order valence-corrected chi connectivity index (χ2v) is 25.1. The molecule has 13 amide bonds. The van der Waals surface area contributed by atoms with Crippen LogP contribution < -0.4 is 82.7 Å². The molecule has 2 heterocycles. The van der Waals surface area contributed by atoms with Crippen molar-refractivity contribution in [3.05, 3.63) is 71.8 Å². The average Bonchev–Trinajstić information content (AvgIpc) is 1.74. The minimum atomic E-state index is -1.64. The van der Waals surface area contributed by atoms with Gasteiger partial charge in [-0.3, -0.25) is 67.3 Å². The maximum absolute atomic E-state index is 14.7. The third kappa shape index (κ3) is 27.5. The molecule has 0 bridgehead atoms. The van der Waals surface area contributed by atoms with Crippen molar-refractivity contribution < 1.29 is 62.3 Å². The van der Waals surface area contributed by atoms with E-state index in [0.29, 0.717) is 55.4 Å². The highest BCUT2D eigenvalue weighted by Crippen LogP contribution is 2.24. The van der Waals surface area contributed by atoms with Gasteiger partial charge in [0.2, 0.25) is 76.8 Å². The maximum atomic E-state index is 14.7. The molecule has 2 aliphatic rings. The molecule has 0 radical (unpaired) electrons. The fourth-order valence-corrected chi connectivity index (χ4v) is 11.5. The molecule has 2 aliphatic heterocycles. The summed E-state index contributed by atoms with van der Waals surface area (Å²) in [5.74, 6) is -9.80. The van der Waals surface area contributed by atoms with E-state index in [9.17, 15) is 62.3 Å². The Hall–Kier alpha value is -8.91. The highest BCUT2D eigenvalue weighted by atomic mass is 32.2. The predicted molar refractivity (Wildman–Crippen MR) is 356 cm³/mol. The highest BCUT2D eigenvalue weighted by Gasteiger charge is 2.42. The minimum absolute atomic E-state index is 0.0736. The van der Waals surface area contributed by atoms with Gasteiger partial charge in [-0.15, -0.1) is 0 Å². The zero-order valence-electron chi connectivity index (χ0n) is 54.5. The van der Waals surface area contributed by atoms with Crippen LogP contribution in [0.15, 0.2) is 65.7 Å². The molecule has 524 valence electrons. The van der Waals surface area contributed by atoms with E-state index < -0.39 is 169 Å². The van der Waals surface area contributed by atoms with Crippen LogP contribution in [-0.4, -0.2) is 198 Å². The standard InChI is InChI=1S/C63H98N18O13S/c1-37(2)33-45(57(89)74-41(53(68)85)27-32-95-3)73-52(84)36-72-54(86)46(34-38-15-6-4-7-16-38)78-58(90)47(35-39-17-8-5-9-18-39)79-56(88)42(23-25-50(66)82)75-55(87)43(24-26-51(67)83)76-59(91)49-22-14-31-81(49)62(94)44(20-10-11-28-64)77-60(92)48-21-13-30-80(48)61(93)40(65)19-12-29-71-63(69)70/h4-9,15-18,37,40-49H,10-14,19-36,64-65H2,1-3H3,(H2,66,82)(H2,67,83)(H2,68,85)(H,72,86)(H,73,84)(H,74,89)(H,75,87)(H,76,91)(H,77,92)(H,78,90)(H,79,88)(H4,69,70,71)/t40-,41+,42-,43-,44-,45-,46+,47+,48+,49-/m1/s1. The highest BCUT2D eigenvalue weighted by molar-refractivity contribution is 7.98. The Morgan fingerprint density at radius 3 is 1.51 bits per heavy atom. The molecule has 2 fully saturated rings. The van der Waals surface area contributed by atoms with E-state index >= 15 is 0 Å². The van der Waals surface area contributed by atoms with Gasteiger partial charge in [-0.1, -0.05) is 74.5 Å². The Labute approximate surface area is 558 Å². The van der Waals surface area contributed by atoms with Gasteiger partial charge in [0.05, 0.1) is 12.6 Å². The number of rotatable bonds is 42. The SMILES string of the molecule is CSCC[C@H](NC(=O)[C@@H](CC(C)C)NC(=O)CNC(=O)[C@H](Cc1ccccc1)NC(=O)[C@H](Cc1ccccc1)NC(=O)[C@@H](CCC(N)=O)NC(=O)[C@@H](CCC(N)=O)NC(=O)[C@H]1CCCN1C(=O)[C@@H](CCCCN)NC(=O)[C@@H]1CCCN1C(=O)[C@H](N)CCCN=C(N)N)C(N)=O. The summed E-state index contributed by atoms with van der Waals surface area (Å²) in [6, 6.07) is 4.51. The minimum Gasteiger partial charge on any atom is -0.370 e. The van der Waals surface area contributed by atoms with Crippen molar-refractivity contribution in [3.63, 3.8) is 0 Å². The molecule has 22 N–H and O–H groups in total.